The number of nitrogens with two attached hydrogens (primary N) is 1. The van der Waals surface area contributed by atoms with Crippen LogP contribution in [0.5, 0.6) is 0 Å². The van der Waals surface area contributed by atoms with Crippen LogP contribution < -0.4 is 11.1 Å². The lowest BCUT2D eigenvalue weighted by molar-refractivity contribution is 0.0897. The number of hydrogen-bond donors (Lipinski definition) is 2. The molecule has 1 aliphatic carbocycles. The van der Waals surface area contributed by atoms with Gasteiger partial charge in [-0.05, 0) is 36.6 Å². The summed E-state index contributed by atoms with van der Waals surface area (Å²) in [7, 11) is 0. The Balaban J connectivity index is 1.87. The number of hydrogen-bond acceptors (Lipinski definition) is 3. The highest BCUT2D eigenvalue weighted by molar-refractivity contribution is 6.30. The molecule has 1 aliphatic rings. The van der Waals surface area contributed by atoms with Crippen molar-refractivity contribution < 1.29 is 9.21 Å². The number of carbonyl (C=O) groups excluding carboxylic acids is 1. The zero-order chi connectivity index (χ0) is 15.6. The van der Waals surface area contributed by atoms with Crippen LogP contribution in [0.3, 0.4) is 0 Å². The lowest BCUT2D eigenvalue weighted by Crippen LogP contribution is -2.43. The van der Waals surface area contributed by atoms with E-state index in [1.165, 1.54) is 6.26 Å². The molecule has 0 bridgehead atoms. The number of carbonyl (C=O) groups is 1. The molecule has 0 saturated heterocycles. The molecule has 0 aliphatic heterocycles. The first-order valence-electron chi connectivity index (χ1n) is 7.49. The summed E-state index contributed by atoms with van der Waals surface area (Å²) in [4.78, 5) is 12.5. The molecule has 22 heavy (non-hydrogen) atoms. The zero-order valence-electron chi connectivity index (χ0n) is 12.3. The van der Waals surface area contributed by atoms with Gasteiger partial charge in [-0.1, -0.05) is 36.6 Å². The molecule has 4 nitrogen and oxygen atoms in total. The molecule has 116 valence electrons. The molecule has 1 aromatic carbocycles. The molecular weight excluding hydrogens is 300 g/mol. The number of halogens is 1. The molecule has 1 saturated carbocycles. The molecule has 5 heteroatoms. The predicted molar refractivity (Wildman–Crippen MR) is 85.7 cm³/mol. The highest BCUT2D eigenvalue weighted by Gasteiger charge is 2.37. The van der Waals surface area contributed by atoms with Crippen molar-refractivity contribution in [3.8, 4) is 0 Å². The van der Waals surface area contributed by atoms with Crippen LogP contribution >= 0.6 is 11.6 Å². The first-order valence-corrected chi connectivity index (χ1v) is 7.87. The van der Waals surface area contributed by atoms with Crippen LogP contribution in [0.4, 0.5) is 0 Å². The Kier molecular flexibility index (Phi) is 4.23. The van der Waals surface area contributed by atoms with Gasteiger partial charge in [0.2, 0.25) is 0 Å². The van der Waals surface area contributed by atoms with E-state index in [-0.39, 0.29) is 18.0 Å². The zero-order valence-corrected chi connectivity index (χ0v) is 13.0. The summed E-state index contributed by atoms with van der Waals surface area (Å²) in [6.45, 7) is 0.284. The fraction of sp³-hybridized carbons (Fsp3) is 0.353. The van der Waals surface area contributed by atoms with E-state index in [1.54, 1.807) is 6.07 Å². The lowest BCUT2D eigenvalue weighted by Gasteiger charge is -2.31. The minimum absolute atomic E-state index is 0.134. The molecule has 0 unspecified atom stereocenters. The van der Waals surface area contributed by atoms with Crippen molar-refractivity contribution in [3.63, 3.8) is 0 Å². The summed E-state index contributed by atoms with van der Waals surface area (Å²) >= 11 is 6.12. The van der Waals surface area contributed by atoms with Crippen LogP contribution in [-0.4, -0.2) is 5.91 Å². The van der Waals surface area contributed by atoms with Gasteiger partial charge in [-0.25, -0.2) is 0 Å². The van der Waals surface area contributed by atoms with Gasteiger partial charge in [0.05, 0.1) is 17.6 Å². The quantitative estimate of drug-likeness (QED) is 0.905. The van der Waals surface area contributed by atoms with Crippen molar-refractivity contribution in [1.29, 1.82) is 0 Å². The number of rotatable bonds is 4. The van der Waals surface area contributed by atoms with E-state index in [4.69, 9.17) is 21.8 Å². The molecule has 0 radical (unpaired) electrons. The van der Waals surface area contributed by atoms with Crippen LogP contribution in [0.15, 0.2) is 41.0 Å². The van der Waals surface area contributed by atoms with Gasteiger partial charge in [-0.3, -0.25) is 4.79 Å². The van der Waals surface area contributed by atoms with Crippen LogP contribution in [0.25, 0.3) is 0 Å². The van der Waals surface area contributed by atoms with Crippen LogP contribution in [0, 0.1) is 0 Å². The first kappa shape index (κ1) is 15.1. The Morgan fingerprint density at radius 1 is 1.32 bits per heavy atom. The van der Waals surface area contributed by atoms with E-state index in [2.05, 4.69) is 5.32 Å². The van der Waals surface area contributed by atoms with Crippen LogP contribution in [-0.2, 0) is 12.1 Å². The largest absolute Gasteiger partial charge is 0.467 e. The highest BCUT2D eigenvalue weighted by atomic mass is 35.5. The molecule has 0 spiro atoms. The van der Waals surface area contributed by atoms with E-state index in [1.807, 2.05) is 24.3 Å². The fourth-order valence-electron chi connectivity index (χ4n) is 3.15. The van der Waals surface area contributed by atoms with Gasteiger partial charge in [0.25, 0.3) is 5.91 Å². The van der Waals surface area contributed by atoms with E-state index in [9.17, 15) is 4.79 Å². The summed E-state index contributed by atoms with van der Waals surface area (Å²) in [5.41, 5.74) is 6.75. The minimum Gasteiger partial charge on any atom is -0.467 e. The fourth-order valence-corrected chi connectivity index (χ4v) is 3.34. The Labute approximate surface area is 134 Å². The van der Waals surface area contributed by atoms with Gasteiger partial charge in [0.1, 0.15) is 12.0 Å². The van der Waals surface area contributed by atoms with Crippen molar-refractivity contribution in [2.75, 3.05) is 0 Å². The van der Waals surface area contributed by atoms with Crippen molar-refractivity contribution in [2.45, 2.75) is 37.8 Å². The van der Waals surface area contributed by atoms with Gasteiger partial charge >= 0.3 is 0 Å². The molecule has 1 amide bonds. The van der Waals surface area contributed by atoms with Gasteiger partial charge in [-0.2, -0.15) is 0 Å². The predicted octanol–water partition coefficient (Wildman–Crippen LogP) is 3.59. The third kappa shape index (κ3) is 2.89. The lowest BCUT2D eigenvalue weighted by atomic mass is 9.88. The minimum atomic E-state index is -0.345. The van der Waals surface area contributed by atoms with E-state index in [0.29, 0.717) is 16.3 Å². The average Bonchev–Trinajstić information content (AvgIpc) is 3.17. The van der Waals surface area contributed by atoms with Gasteiger partial charge in [0, 0.05) is 5.02 Å². The first-order chi connectivity index (χ1) is 10.6. The molecular formula is C17H19ClN2O2. The summed E-state index contributed by atoms with van der Waals surface area (Å²) in [5, 5.41) is 3.88. The maximum absolute atomic E-state index is 12.5. The Hall–Kier alpha value is -1.78. The second kappa shape index (κ2) is 6.15. The second-order valence-corrected chi connectivity index (χ2v) is 6.20. The standard InChI is InChI=1S/C17H19ClN2O2/c18-14-5-3-4-13(9-14)17(6-1-2-7-17)20-16(21)12-8-15(10-19)22-11-12/h3-5,8-9,11H,1-2,6-7,10,19H2,(H,20,21). The third-order valence-corrected chi connectivity index (χ3v) is 4.54. The summed E-state index contributed by atoms with van der Waals surface area (Å²) in [5.74, 6) is 0.471. The normalized spacial score (nSPS) is 16.6. The van der Waals surface area contributed by atoms with Crippen molar-refractivity contribution >= 4 is 17.5 Å². The Bertz CT molecular complexity index is 675. The Morgan fingerprint density at radius 3 is 2.73 bits per heavy atom. The summed E-state index contributed by atoms with van der Waals surface area (Å²) in [6.07, 6.45) is 5.47. The molecule has 1 fully saturated rings. The number of nitrogens with one attached hydrogen (secondary N) is 1. The number of furan rings is 1. The molecule has 1 heterocycles. The smallest absolute Gasteiger partial charge is 0.255 e. The van der Waals surface area contributed by atoms with Gasteiger partial charge in [0.15, 0.2) is 0 Å². The molecule has 0 atom stereocenters. The highest BCUT2D eigenvalue weighted by Crippen LogP contribution is 2.39. The summed E-state index contributed by atoms with van der Waals surface area (Å²) in [6, 6.07) is 9.43. The number of benzene rings is 1. The van der Waals surface area contributed by atoms with E-state index < -0.39 is 0 Å². The van der Waals surface area contributed by atoms with Crippen molar-refractivity contribution in [2.24, 2.45) is 5.73 Å². The van der Waals surface area contributed by atoms with Crippen molar-refractivity contribution in [1.82, 2.24) is 5.32 Å². The monoisotopic (exact) mass is 318 g/mol. The van der Waals surface area contributed by atoms with Crippen LogP contribution in [0.2, 0.25) is 5.02 Å². The van der Waals surface area contributed by atoms with E-state index >= 15 is 0 Å². The second-order valence-electron chi connectivity index (χ2n) is 5.76. The third-order valence-electron chi connectivity index (χ3n) is 4.30. The van der Waals surface area contributed by atoms with Crippen LogP contribution in [0.1, 0.15) is 47.4 Å². The maximum Gasteiger partial charge on any atom is 0.255 e. The molecule has 2 aromatic rings. The summed E-state index contributed by atoms with van der Waals surface area (Å²) < 4.78 is 5.25. The maximum atomic E-state index is 12.5. The van der Waals surface area contributed by atoms with Crippen molar-refractivity contribution in [3.05, 3.63) is 58.5 Å². The average molecular weight is 319 g/mol. The van der Waals surface area contributed by atoms with Gasteiger partial charge < -0.3 is 15.5 Å². The topological polar surface area (TPSA) is 68.3 Å². The van der Waals surface area contributed by atoms with E-state index in [0.717, 1.165) is 31.2 Å². The molecule has 3 rings (SSSR count). The Morgan fingerprint density at radius 2 is 2.09 bits per heavy atom. The molecule has 3 N–H and O–H groups in total. The van der Waals surface area contributed by atoms with Gasteiger partial charge in [-0.15, -0.1) is 0 Å². The molecule has 1 aromatic heterocycles. The SMILES string of the molecule is NCc1cc(C(=O)NC2(c3cccc(Cl)c3)CCCC2)co1. The number of amides is 1.